The Kier molecular flexibility index (Phi) is 11.4. The molecule has 1 aromatic heterocycles. The molecule has 3 heterocycles. The normalized spacial score (nSPS) is 20.6. The number of hydrogen-bond donors (Lipinski definition) is 3. The number of nitrogens with two attached hydrogens (primary N) is 1. The van der Waals surface area contributed by atoms with Crippen molar-refractivity contribution in [3.05, 3.63) is 107 Å². The van der Waals surface area contributed by atoms with Gasteiger partial charge in [0, 0.05) is 61.4 Å². The number of allylic oxidation sites excluding steroid dienone is 1. The first-order valence-electron chi connectivity index (χ1n) is 16.0. The fourth-order valence-electron chi connectivity index (χ4n) is 5.80. The summed E-state index contributed by atoms with van der Waals surface area (Å²) >= 11 is 0. The molecule has 2 atom stereocenters. The maximum absolute atomic E-state index is 14.2. The minimum Gasteiger partial charge on any atom is -0.404 e. The van der Waals surface area contributed by atoms with E-state index in [0.29, 0.717) is 54.0 Å². The van der Waals surface area contributed by atoms with Crippen molar-refractivity contribution in [2.45, 2.75) is 38.4 Å². The maximum Gasteiger partial charge on any atom is 0.433 e. The lowest BCUT2D eigenvalue weighted by atomic mass is 9.80. The Morgan fingerprint density at radius 3 is 2.58 bits per heavy atom. The summed E-state index contributed by atoms with van der Waals surface area (Å²) in [6.07, 6.45) is -0.123. The lowest BCUT2D eigenvalue weighted by Gasteiger charge is -2.40. The Balaban J connectivity index is 1.53. The van der Waals surface area contributed by atoms with Crippen LogP contribution in [0.15, 0.2) is 95.3 Å². The molecule has 262 valence electrons. The number of aromatic nitrogens is 2. The van der Waals surface area contributed by atoms with E-state index in [2.05, 4.69) is 20.6 Å². The molecule has 50 heavy (non-hydrogen) atoms. The number of likely N-dealkylation sites (N-methyl/N-ethyl adjacent to an activating group) is 1. The highest BCUT2D eigenvalue weighted by atomic mass is 19.4. The fraction of sp³-hybridized carbons (Fsp3) is 0.314. The van der Waals surface area contributed by atoms with Crippen LogP contribution in [0.4, 0.5) is 24.5 Å². The zero-order valence-corrected chi connectivity index (χ0v) is 27.5. The van der Waals surface area contributed by atoms with Crippen molar-refractivity contribution in [2.24, 2.45) is 10.7 Å². The number of hydrogen-bond acceptors (Lipinski definition) is 9. The number of amides is 3. The molecule has 4 N–H and O–H groups in total. The average molecular weight is 691 g/mol. The topological polar surface area (TPSA) is 155 Å². The van der Waals surface area contributed by atoms with Gasteiger partial charge in [-0.15, -0.1) is 0 Å². The molecule has 2 aromatic carbocycles. The van der Waals surface area contributed by atoms with Crippen LogP contribution in [0.3, 0.4) is 0 Å². The average Bonchev–Trinajstić information content (AvgIpc) is 3.12. The molecule has 12 nitrogen and oxygen atoms in total. The number of para-hydroxylation sites is 1. The van der Waals surface area contributed by atoms with Gasteiger partial charge in [-0.05, 0) is 56.2 Å². The van der Waals surface area contributed by atoms with E-state index in [1.165, 1.54) is 11.1 Å². The molecule has 2 aliphatic rings. The summed E-state index contributed by atoms with van der Waals surface area (Å²) < 4.78 is 45.7. The highest BCUT2D eigenvalue weighted by Gasteiger charge is 2.45. The first kappa shape index (κ1) is 35.9. The van der Waals surface area contributed by atoms with Crippen molar-refractivity contribution in [3.8, 4) is 0 Å². The summed E-state index contributed by atoms with van der Waals surface area (Å²) in [6, 6.07) is 14.8. The number of alkyl halides is 3. The molecule has 0 saturated carbocycles. The Morgan fingerprint density at radius 2 is 1.92 bits per heavy atom. The smallest absolute Gasteiger partial charge is 0.404 e. The van der Waals surface area contributed by atoms with Crippen LogP contribution in [0, 0.1) is 0 Å². The van der Waals surface area contributed by atoms with Crippen molar-refractivity contribution in [3.63, 3.8) is 0 Å². The molecule has 0 bridgehead atoms. The molecular weight excluding hydrogens is 653 g/mol. The van der Waals surface area contributed by atoms with Crippen molar-refractivity contribution in [1.82, 2.24) is 25.1 Å². The SMILES string of the molecule is C/C=C(\CN1CCCOC1)C(=O)Nc1cccc([C@@H]2/C(=C/N)C(=Nc3ccccc3)N(CC)C(=O)[C@H]2NC(=O)c2nccc(C(F)(F)F)n2)c1. The van der Waals surface area contributed by atoms with Gasteiger partial charge in [-0.25, -0.2) is 15.0 Å². The van der Waals surface area contributed by atoms with Crippen LogP contribution in [0.5, 0.6) is 0 Å². The van der Waals surface area contributed by atoms with E-state index in [-0.39, 0.29) is 18.3 Å². The van der Waals surface area contributed by atoms with Crippen molar-refractivity contribution >= 4 is 34.9 Å². The van der Waals surface area contributed by atoms with Crippen LogP contribution in [-0.4, -0.2) is 82.3 Å². The van der Waals surface area contributed by atoms with E-state index >= 15 is 0 Å². The molecule has 3 aromatic rings. The van der Waals surface area contributed by atoms with Crippen LogP contribution < -0.4 is 16.4 Å². The summed E-state index contributed by atoms with van der Waals surface area (Å²) in [5.41, 5.74) is 7.21. The molecule has 2 saturated heterocycles. The number of nitrogens with one attached hydrogen (secondary N) is 2. The summed E-state index contributed by atoms with van der Waals surface area (Å²) in [5.74, 6) is -3.55. The molecule has 3 amide bonds. The minimum atomic E-state index is -4.82. The molecule has 0 unspecified atom stereocenters. The molecule has 5 rings (SSSR count). The third-order valence-corrected chi connectivity index (χ3v) is 8.21. The molecule has 0 radical (unpaired) electrons. The zero-order valence-electron chi connectivity index (χ0n) is 27.5. The van der Waals surface area contributed by atoms with Gasteiger partial charge < -0.3 is 21.1 Å². The number of rotatable bonds is 9. The number of piperidine rings is 1. The summed E-state index contributed by atoms with van der Waals surface area (Å²) in [4.78, 5) is 56.3. The summed E-state index contributed by atoms with van der Waals surface area (Å²) in [7, 11) is 0. The summed E-state index contributed by atoms with van der Waals surface area (Å²) in [5, 5.41) is 5.48. The number of amidine groups is 1. The number of benzene rings is 2. The quantitative estimate of drug-likeness (QED) is 0.280. The zero-order chi connectivity index (χ0) is 35.8. The van der Waals surface area contributed by atoms with Crippen molar-refractivity contribution < 1.29 is 32.3 Å². The molecular formula is C35H37F3N8O4. The van der Waals surface area contributed by atoms with Gasteiger partial charge in [0.25, 0.3) is 17.7 Å². The Morgan fingerprint density at radius 1 is 1.14 bits per heavy atom. The standard InChI is InChI=1S/C35H37F3N8O4/c1-3-22(20-45-16-9-17-50-21-45)32(47)42-25-13-8-10-23(18-25)28-26(19-39)31(41-24-11-6-5-7-12-24)46(4-2)34(49)29(28)44-33(48)30-40-15-14-27(43-30)35(36,37)38/h3,5-8,10-15,18-19,28-29H,4,9,16-17,20-21,39H2,1-2H3,(H,42,47)(H,44,48)/b22-3+,26-19-,41-31?/t28-,29+/m1/s1. The highest BCUT2D eigenvalue weighted by molar-refractivity contribution is 6.15. The molecule has 15 heteroatoms. The number of aliphatic imine (C=N–C) groups is 1. The largest absolute Gasteiger partial charge is 0.433 e. The summed E-state index contributed by atoms with van der Waals surface area (Å²) in [6.45, 7) is 5.89. The highest BCUT2D eigenvalue weighted by Crippen LogP contribution is 2.37. The number of anilines is 1. The van der Waals surface area contributed by atoms with Gasteiger partial charge in [0.05, 0.1) is 12.4 Å². The number of carbonyl (C=O) groups is 3. The first-order valence-corrected chi connectivity index (χ1v) is 16.0. The van der Waals surface area contributed by atoms with E-state index < -0.39 is 41.5 Å². The first-order chi connectivity index (χ1) is 24.0. The Labute approximate surface area is 286 Å². The Bertz CT molecular complexity index is 1810. The lowest BCUT2D eigenvalue weighted by molar-refractivity contribution is -0.141. The number of likely N-dealkylation sites (tertiary alicyclic amines) is 1. The van der Waals surface area contributed by atoms with Crippen LogP contribution in [0.25, 0.3) is 0 Å². The second kappa shape index (κ2) is 15.9. The molecule has 2 fully saturated rings. The minimum absolute atomic E-state index is 0.130. The van der Waals surface area contributed by atoms with Crippen molar-refractivity contribution in [1.29, 1.82) is 0 Å². The monoisotopic (exact) mass is 690 g/mol. The van der Waals surface area contributed by atoms with Gasteiger partial charge in [0.15, 0.2) is 0 Å². The molecule has 0 aliphatic carbocycles. The molecule has 2 aliphatic heterocycles. The predicted octanol–water partition coefficient (Wildman–Crippen LogP) is 4.38. The van der Waals surface area contributed by atoms with Gasteiger partial charge in [-0.3, -0.25) is 24.2 Å². The Hall–Kier alpha value is -5.41. The van der Waals surface area contributed by atoms with Gasteiger partial charge in [0.2, 0.25) is 5.82 Å². The van der Waals surface area contributed by atoms with E-state index in [9.17, 15) is 27.6 Å². The van der Waals surface area contributed by atoms with Crippen LogP contribution >= 0.6 is 0 Å². The van der Waals surface area contributed by atoms with Crippen LogP contribution in [-0.2, 0) is 20.5 Å². The third-order valence-electron chi connectivity index (χ3n) is 8.21. The van der Waals surface area contributed by atoms with Crippen LogP contribution in [0.2, 0.25) is 0 Å². The van der Waals surface area contributed by atoms with Gasteiger partial charge >= 0.3 is 6.18 Å². The van der Waals surface area contributed by atoms with E-state index in [1.54, 1.807) is 68.5 Å². The van der Waals surface area contributed by atoms with Gasteiger partial charge in [-0.1, -0.05) is 36.4 Å². The second-order valence-corrected chi connectivity index (χ2v) is 11.5. The second-order valence-electron chi connectivity index (χ2n) is 11.5. The fourth-order valence-corrected chi connectivity index (χ4v) is 5.80. The van der Waals surface area contributed by atoms with Gasteiger partial charge in [-0.2, -0.15) is 13.2 Å². The molecule has 0 spiro atoms. The third kappa shape index (κ3) is 8.23. The maximum atomic E-state index is 14.2. The van der Waals surface area contributed by atoms with E-state index in [4.69, 9.17) is 15.5 Å². The van der Waals surface area contributed by atoms with Crippen LogP contribution in [0.1, 0.15) is 48.1 Å². The van der Waals surface area contributed by atoms with E-state index in [1.807, 2.05) is 11.0 Å². The van der Waals surface area contributed by atoms with E-state index in [0.717, 1.165) is 19.2 Å². The van der Waals surface area contributed by atoms with Crippen molar-refractivity contribution in [2.75, 3.05) is 38.3 Å². The lowest BCUT2D eigenvalue weighted by Crippen LogP contribution is -2.59. The number of carbonyl (C=O) groups excluding carboxylic acids is 3. The number of halogens is 3. The number of ether oxygens (including phenoxy) is 1. The number of nitrogens with zero attached hydrogens (tertiary/aromatic N) is 5. The van der Waals surface area contributed by atoms with Gasteiger partial charge in [0.1, 0.15) is 17.6 Å². The predicted molar refractivity (Wildman–Crippen MR) is 180 cm³/mol.